The molecule has 2 aromatic rings. The van der Waals surface area contributed by atoms with Crippen molar-refractivity contribution in [2.24, 2.45) is 13.0 Å². The van der Waals surface area contributed by atoms with E-state index in [-0.39, 0.29) is 23.0 Å². The lowest BCUT2D eigenvalue weighted by atomic mass is 9.86. The van der Waals surface area contributed by atoms with Gasteiger partial charge in [0.1, 0.15) is 5.82 Å². The highest BCUT2D eigenvalue weighted by Crippen LogP contribution is 2.27. The molecule has 1 aliphatic rings. The van der Waals surface area contributed by atoms with E-state index in [9.17, 15) is 9.18 Å². The highest BCUT2D eigenvalue weighted by Gasteiger charge is 2.26. The van der Waals surface area contributed by atoms with Crippen LogP contribution in [0.2, 0.25) is 0 Å². The van der Waals surface area contributed by atoms with E-state index in [1.807, 2.05) is 18.5 Å². The lowest BCUT2D eigenvalue weighted by Gasteiger charge is -2.30. The van der Waals surface area contributed by atoms with E-state index in [4.69, 9.17) is 0 Å². The molecule has 0 aliphatic heterocycles. The van der Waals surface area contributed by atoms with Gasteiger partial charge >= 0.3 is 0 Å². The Morgan fingerprint density at radius 2 is 1.96 bits per heavy atom. The summed E-state index contributed by atoms with van der Waals surface area (Å²) in [5, 5.41) is 12.0. The molecule has 0 bridgehead atoms. The Kier molecular flexibility index (Phi) is 5.96. The minimum atomic E-state index is -0.284. The van der Waals surface area contributed by atoms with Gasteiger partial charge in [-0.1, -0.05) is 31.5 Å². The van der Waals surface area contributed by atoms with E-state index in [0.717, 1.165) is 12.0 Å². The van der Waals surface area contributed by atoms with Crippen molar-refractivity contribution < 1.29 is 9.18 Å². The van der Waals surface area contributed by atoms with E-state index in [1.54, 1.807) is 12.1 Å². The van der Waals surface area contributed by atoms with Gasteiger partial charge in [-0.3, -0.25) is 4.79 Å². The molecule has 1 aliphatic carbocycles. The molecule has 5 nitrogen and oxygen atoms in total. The number of halogens is 1. The molecule has 140 valence electrons. The number of amides is 1. The number of hydrogen-bond acceptors (Lipinski definition) is 4. The third-order valence-electron chi connectivity index (χ3n) is 5.03. The molecule has 1 amide bonds. The van der Waals surface area contributed by atoms with E-state index in [1.165, 1.54) is 43.2 Å². The second-order valence-corrected chi connectivity index (χ2v) is 8.32. The van der Waals surface area contributed by atoms with Gasteiger partial charge in [0.2, 0.25) is 5.91 Å². The Morgan fingerprint density at radius 1 is 1.27 bits per heavy atom. The molecule has 3 atom stereocenters. The van der Waals surface area contributed by atoms with E-state index in [0.29, 0.717) is 16.9 Å². The van der Waals surface area contributed by atoms with Crippen LogP contribution in [0.4, 0.5) is 4.39 Å². The predicted molar refractivity (Wildman–Crippen MR) is 101 cm³/mol. The van der Waals surface area contributed by atoms with Crippen LogP contribution >= 0.6 is 11.8 Å². The first-order valence-corrected chi connectivity index (χ1v) is 9.96. The highest BCUT2D eigenvalue weighted by atomic mass is 32.2. The second-order valence-electron chi connectivity index (χ2n) is 7.01. The van der Waals surface area contributed by atoms with E-state index >= 15 is 0 Å². The zero-order chi connectivity index (χ0) is 18.7. The largest absolute Gasteiger partial charge is 0.352 e. The normalized spacial score (nSPS) is 21.4. The molecular formula is C19H25FN4OS. The van der Waals surface area contributed by atoms with Crippen LogP contribution in [0.25, 0.3) is 11.4 Å². The summed E-state index contributed by atoms with van der Waals surface area (Å²) >= 11 is 1.39. The number of rotatable bonds is 5. The molecule has 1 N–H and O–H groups in total. The summed E-state index contributed by atoms with van der Waals surface area (Å²) in [6, 6.07) is 6.42. The fraction of sp³-hybridized carbons (Fsp3) is 0.526. The molecule has 26 heavy (non-hydrogen) atoms. The van der Waals surface area contributed by atoms with Gasteiger partial charge in [-0.15, -0.1) is 10.2 Å². The molecule has 7 heteroatoms. The summed E-state index contributed by atoms with van der Waals surface area (Å²) in [7, 11) is 1.86. The lowest BCUT2D eigenvalue weighted by molar-refractivity contribution is -0.121. The number of nitrogens with zero attached hydrogens (tertiary/aromatic N) is 3. The van der Waals surface area contributed by atoms with Crippen LogP contribution in [0.1, 0.15) is 39.5 Å². The highest BCUT2D eigenvalue weighted by molar-refractivity contribution is 8.00. The predicted octanol–water partition coefficient (Wildman–Crippen LogP) is 3.80. The molecule has 0 radical (unpaired) electrons. The number of thioether (sulfide) groups is 1. The minimum absolute atomic E-state index is 0.0417. The summed E-state index contributed by atoms with van der Waals surface area (Å²) in [6.07, 6.45) is 4.67. The average molecular weight is 377 g/mol. The lowest BCUT2D eigenvalue weighted by Crippen LogP contribution is -2.44. The molecule has 1 heterocycles. The van der Waals surface area contributed by atoms with Gasteiger partial charge in [0, 0.05) is 18.7 Å². The maximum Gasteiger partial charge on any atom is 0.233 e. The first kappa shape index (κ1) is 18.9. The summed E-state index contributed by atoms with van der Waals surface area (Å²) in [4.78, 5) is 12.6. The van der Waals surface area contributed by atoms with Crippen molar-refractivity contribution in [2.45, 2.75) is 56.0 Å². The summed E-state index contributed by atoms with van der Waals surface area (Å²) in [5.41, 5.74) is 0.793. The van der Waals surface area contributed by atoms with Gasteiger partial charge in [-0.05, 0) is 49.9 Å². The average Bonchev–Trinajstić information content (AvgIpc) is 2.98. The first-order valence-electron chi connectivity index (χ1n) is 9.08. The van der Waals surface area contributed by atoms with E-state index < -0.39 is 0 Å². The van der Waals surface area contributed by atoms with Crippen molar-refractivity contribution >= 4 is 17.7 Å². The van der Waals surface area contributed by atoms with Crippen LogP contribution in [0.5, 0.6) is 0 Å². The summed E-state index contributed by atoms with van der Waals surface area (Å²) in [6.45, 7) is 4.10. The van der Waals surface area contributed by atoms with Crippen molar-refractivity contribution in [1.82, 2.24) is 20.1 Å². The maximum atomic E-state index is 13.1. The van der Waals surface area contributed by atoms with Gasteiger partial charge in [-0.2, -0.15) is 0 Å². The Bertz CT molecular complexity index is 761. The molecule has 1 aromatic carbocycles. The molecule has 3 rings (SSSR count). The molecule has 1 aromatic heterocycles. The van der Waals surface area contributed by atoms with Crippen LogP contribution < -0.4 is 5.32 Å². The topological polar surface area (TPSA) is 59.8 Å². The van der Waals surface area contributed by atoms with Gasteiger partial charge in [0.05, 0.1) is 5.25 Å². The number of benzene rings is 1. The monoisotopic (exact) mass is 376 g/mol. The van der Waals surface area contributed by atoms with Gasteiger partial charge < -0.3 is 9.88 Å². The number of carbonyl (C=O) groups is 1. The Hall–Kier alpha value is -1.89. The quantitative estimate of drug-likeness (QED) is 0.807. The molecule has 0 spiro atoms. The molecular weight excluding hydrogens is 351 g/mol. The number of aromatic nitrogens is 3. The van der Waals surface area contributed by atoms with Crippen LogP contribution in [0, 0.1) is 11.7 Å². The van der Waals surface area contributed by atoms with Crippen molar-refractivity contribution in [2.75, 3.05) is 0 Å². The molecule has 1 saturated carbocycles. The first-order chi connectivity index (χ1) is 12.5. The van der Waals surface area contributed by atoms with Gasteiger partial charge in [-0.25, -0.2) is 4.39 Å². The third-order valence-corrected chi connectivity index (χ3v) is 6.16. The smallest absolute Gasteiger partial charge is 0.233 e. The van der Waals surface area contributed by atoms with Crippen LogP contribution in [0.15, 0.2) is 29.4 Å². The SMILES string of the molecule is C[C@@H]1CCCC[C@H]1NC(=O)[C@@H](C)Sc1nnc(-c2ccc(F)cc2)n1C. The van der Waals surface area contributed by atoms with Gasteiger partial charge in [0.15, 0.2) is 11.0 Å². The van der Waals surface area contributed by atoms with Crippen LogP contribution in [-0.2, 0) is 11.8 Å². The maximum absolute atomic E-state index is 13.1. The molecule has 0 unspecified atom stereocenters. The fourth-order valence-corrected chi connectivity index (χ4v) is 4.13. The van der Waals surface area contributed by atoms with Crippen molar-refractivity contribution in [3.8, 4) is 11.4 Å². The van der Waals surface area contributed by atoms with Crippen LogP contribution in [0.3, 0.4) is 0 Å². The zero-order valence-electron chi connectivity index (χ0n) is 15.4. The Balaban J connectivity index is 1.65. The van der Waals surface area contributed by atoms with Crippen molar-refractivity contribution in [3.63, 3.8) is 0 Å². The van der Waals surface area contributed by atoms with Crippen LogP contribution in [-0.4, -0.2) is 32.0 Å². The zero-order valence-corrected chi connectivity index (χ0v) is 16.2. The minimum Gasteiger partial charge on any atom is -0.352 e. The number of nitrogens with one attached hydrogen (secondary N) is 1. The number of hydrogen-bond donors (Lipinski definition) is 1. The van der Waals surface area contributed by atoms with E-state index in [2.05, 4.69) is 22.4 Å². The van der Waals surface area contributed by atoms with Crippen molar-refractivity contribution in [1.29, 1.82) is 0 Å². The third kappa shape index (κ3) is 4.26. The second kappa shape index (κ2) is 8.20. The van der Waals surface area contributed by atoms with Gasteiger partial charge in [0.25, 0.3) is 0 Å². The molecule has 0 saturated heterocycles. The summed E-state index contributed by atoms with van der Waals surface area (Å²) in [5.74, 6) is 0.943. The standard InChI is InChI=1S/C19H25FN4OS/c1-12-6-4-5-7-16(12)21-18(25)13(2)26-19-23-22-17(24(19)3)14-8-10-15(20)11-9-14/h8-13,16H,4-7H2,1-3H3,(H,21,25)/t12-,13-,16-/m1/s1. The number of carbonyl (C=O) groups excluding carboxylic acids is 1. The summed E-state index contributed by atoms with van der Waals surface area (Å²) < 4.78 is 14.9. The molecule has 1 fully saturated rings. The Labute approximate surface area is 157 Å². The fourth-order valence-electron chi connectivity index (χ4n) is 3.31. The van der Waals surface area contributed by atoms with Crippen molar-refractivity contribution in [3.05, 3.63) is 30.1 Å². The Morgan fingerprint density at radius 3 is 2.65 bits per heavy atom.